The molecular formula is C27H54O2. The van der Waals surface area contributed by atoms with Gasteiger partial charge in [-0.3, -0.25) is 0 Å². The van der Waals surface area contributed by atoms with Crippen molar-refractivity contribution in [2.45, 2.75) is 94.4 Å². The molecule has 174 valence electrons. The minimum atomic E-state index is 0.122. The first-order valence-corrected chi connectivity index (χ1v) is 12.5. The molecule has 0 aromatic heterocycles. The van der Waals surface area contributed by atoms with Crippen molar-refractivity contribution in [3.05, 3.63) is 0 Å². The highest BCUT2D eigenvalue weighted by Gasteiger charge is 2.48. The van der Waals surface area contributed by atoms with Crippen LogP contribution in [-0.4, -0.2) is 27.4 Å². The Morgan fingerprint density at radius 1 is 0.759 bits per heavy atom. The first kappa shape index (κ1) is 27.0. The molecule has 0 radical (unpaired) electrons. The van der Waals surface area contributed by atoms with Gasteiger partial charge < -0.3 is 9.47 Å². The lowest BCUT2D eigenvalue weighted by Gasteiger charge is -2.52. The van der Waals surface area contributed by atoms with Crippen molar-refractivity contribution in [2.24, 2.45) is 52.3 Å². The van der Waals surface area contributed by atoms with Crippen LogP contribution in [0.1, 0.15) is 94.4 Å². The Morgan fingerprint density at radius 2 is 1.24 bits per heavy atom. The van der Waals surface area contributed by atoms with Gasteiger partial charge in [-0.15, -0.1) is 0 Å². The van der Waals surface area contributed by atoms with Gasteiger partial charge in [0.1, 0.15) is 0 Å². The lowest BCUT2D eigenvalue weighted by molar-refractivity contribution is -0.0941. The molecule has 3 unspecified atom stereocenters. The van der Waals surface area contributed by atoms with E-state index >= 15 is 0 Å². The lowest BCUT2D eigenvalue weighted by atomic mass is 9.54. The molecule has 0 amide bonds. The molecule has 0 aliphatic heterocycles. The molecule has 3 atom stereocenters. The van der Waals surface area contributed by atoms with Crippen molar-refractivity contribution >= 4 is 0 Å². The Hall–Kier alpha value is -0.0800. The van der Waals surface area contributed by atoms with Crippen LogP contribution in [0, 0.1) is 52.3 Å². The van der Waals surface area contributed by atoms with Crippen LogP contribution in [0.4, 0.5) is 0 Å². The summed E-state index contributed by atoms with van der Waals surface area (Å²) in [6.45, 7) is 23.6. The number of hydrogen-bond acceptors (Lipinski definition) is 2. The smallest absolute Gasteiger partial charge is 0.0543 e. The fourth-order valence-corrected chi connectivity index (χ4v) is 7.40. The van der Waals surface area contributed by atoms with Gasteiger partial charge in [0.25, 0.3) is 0 Å². The molecular weight excluding hydrogens is 356 g/mol. The van der Waals surface area contributed by atoms with Crippen molar-refractivity contribution in [3.8, 4) is 0 Å². The lowest BCUT2D eigenvalue weighted by Crippen LogP contribution is -2.48. The van der Waals surface area contributed by atoms with E-state index in [0.29, 0.717) is 29.1 Å². The number of ether oxygens (including phenoxy) is 2. The third kappa shape index (κ3) is 6.00. The van der Waals surface area contributed by atoms with Gasteiger partial charge in [0.05, 0.1) is 13.2 Å². The van der Waals surface area contributed by atoms with Crippen molar-refractivity contribution in [2.75, 3.05) is 27.4 Å². The van der Waals surface area contributed by atoms with Gasteiger partial charge in [-0.25, -0.2) is 0 Å². The third-order valence-electron chi connectivity index (χ3n) is 8.95. The van der Waals surface area contributed by atoms with Crippen LogP contribution >= 0.6 is 0 Å². The van der Waals surface area contributed by atoms with Gasteiger partial charge in [-0.05, 0) is 72.5 Å². The Labute approximate surface area is 183 Å². The molecule has 0 spiro atoms. The minimum absolute atomic E-state index is 0.122. The second-order valence-electron chi connectivity index (χ2n) is 11.7. The normalized spacial score (nSPS) is 24.3. The van der Waals surface area contributed by atoms with E-state index in [2.05, 4.69) is 62.3 Å². The highest BCUT2D eigenvalue weighted by Crippen LogP contribution is 2.54. The van der Waals surface area contributed by atoms with E-state index in [4.69, 9.17) is 9.47 Å². The van der Waals surface area contributed by atoms with Crippen LogP contribution in [0.2, 0.25) is 0 Å². The molecule has 1 fully saturated rings. The maximum absolute atomic E-state index is 5.94. The van der Waals surface area contributed by atoms with Crippen LogP contribution in [0.25, 0.3) is 0 Å². The molecule has 2 heteroatoms. The first-order chi connectivity index (χ1) is 13.5. The minimum Gasteiger partial charge on any atom is -0.384 e. The Kier molecular flexibility index (Phi) is 10.7. The second-order valence-corrected chi connectivity index (χ2v) is 11.7. The summed E-state index contributed by atoms with van der Waals surface area (Å²) < 4.78 is 11.9. The molecule has 0 heterocycles. The molecule has 0 bridgehead atoms. The summed E-state index contributed by atoms with van der Waals surface area (Å²) >= 11 is 0. The summed E-state index contributed by atoms with van der Waals surface area (Å²) in [4.78, 5) is 0. The first-order valence-electron chi connectivity index (χ1n) is 12.5. The van der Waals surface area contributed by atoms with E-state index in [-0.39, 0.29) is 5.41 Å². The zero-order valence-electron chi connectivity index (χ0n) is 21.8. The van der Waals surface area contributed by atoms with Gasteiger partial charge >= 0.3 is 0 Å². The van der Waals surface area contributed by atoms with Gasteiger partial charge in [0.15, 0.2) is 0 Å². The molecule has 0 aromatic rings. The molecule has 0 aromatic carbocycles. The topological polar surface area (TPSA) is 18.5 Å². The molecule has 2 nitrogen and oxygen atoms in total. The standard InChI is InChI=1S/C27H54O2/c1-19(2)24-13-12-23(9)16-25(24)26(17-28-10,18-29-11)14-15-27(20(3)4,21(5)6)22(7)8/h19-25H,12-18H2,1-11H3. The van der Waals surface area contributed by atoms with Crippen LogP contribution in [0.3, 0.4) is 0 Å². The fourth-order valence-electron chi connectivity index (χ4n) is 7.40. The SMILES string of the molecule is COCC(CCC(C(C)C)(C(C)C)C(C)C)(COC)C1CC(C)CCC1C(C)C. The van der Waals surface area contributed by atoms with E-state index in [9.17, 15) is 0 Å². The molecule has 0 saturated heterocycles. The van der Waals surface area contributed by atoms with E-state index < -0.39 is 0 Å². The highest BCUT2D eigenvalue weighted by atomic mass is 16.5. The molecule has 0 N–H and O–H groups in total. The van der Waals surface area contributed by atoms with E-state index in [1.807, 2.05) is 14.2 Å². The summed E-state index contributed by atoms with van der Waals surface area (Å²) in [6.07, 6.45) is 6.55. The predicted octanol–water partition coefficient (Wildman–Crippen LogP) is 7.71. The summed E-state index contributed by atoms with van der Waals surface area (Å²) in [5, 5.41) is 0. The van der Waals surface area contributed by atoms with E-state index in [0.717, 1.165) is 31.0 Å². The average molecular weight is 411 g/mol. The molecule has 1 saturated carbocycles. The van der Waals surface area contributed by atoms with Gasteiger partial charge in [0.2, 0.25) is 0 Å². The van der Waals surface area contributed by atoms with Crippen LogP contribution in [0.5, 0.6) is 0 Å². The zero-order chi connectivity index (χ0) is 22.4. The van der Waals surface area contributed by atoms with Gasteiger partial charge in [-0.2, -0.15) is 0 Å². The van der Waals surface area contributed by atoms with Crippen molar-refractivity contribution in [1.82, 2.24) is 0 Å². The van der Waals surface area contributed by atoms with Crippen LogP contribution in [-0.2, 0) is 9.47 Å². The number of methoxy groups -OCH3 is 2. The highest BCUT2D eigenvalue weighted by molar-refractivity contribution is 4.97. The van der Waals surface area contributed by atoms with Gasteiger partial charge in [0, 0.05) is 19.6 Å². The maximum atomic E-state index is 5.94. The number of hydrogen-bond donors (Lipinski definition) is 0. The van der Waals surface area contributed by atoms with Crippen molar-refractivity contribution in [3.63, 3.8) is 0 Å². The number of rotatable bonds is 12. The van der Waals surface area contributed by atoms with Crippen LogP contribution < -0.4 is 0 Å². The maximum Gasteiger partial charge on any atom is 0.0543 e. The Morgan fingerprint density at radius 3 is 1.62 bits per heavy atom. The summed E-state index contributed by atoms with van der Waals surface area (Å²) in [7, 11) is 3.78. The Bertz CT molecular complexity index is 424. The van der Waals surface area contributed by atoms with Crippen molar-refractivity contribution < 1.29 is 9.47 Å². The molecule has 1 rings (SSSR count). The van der Waals surface area contributed by atoms with Crippen LogP contribution in [0.15, 0.2) is 0 Å². The van der Waals surface area contributed by atoms with E-state index in [1.54, 1.807) is 0 Å². The summed E-state index contributed by atoms with van der Waals surface area (Å²) in [6, 6.07) is 0. The summed E-state index contributed by atoms with van der Waals surface area (Å²) in [5.74, 6) is 5.04. The Balaban J connectivity index is 3.34. The summed E-state index contributed by atoms with van der Waals surface area (Å²) in [5.41, 5.74) is 0.484. The molecule has 1 aliphatic rings. The fraction of sp³-hybridized carbons (Fsp3) is 1.00. The van der Waals surface area contributed by atoms with Crippen molar-refractivity contribution in [1.29, 1.82) is 0 Å². The second kappa shape index (κ2) is 11.5. The monoisotopic (exact) mass is 410 g/mol. The third-order valence-corrected chi connectivity index (χ3v) is 8.95. The molecule has 29 heavy (non-hydrogen) atoms. The van der Waals surface area contributed by atoms with E-state index in [1.165, 1.54) is 32.1 Å². The average Bonchev–Trinajstić information content (AvgIpc) is 2.61. The predicted molar refractivity (Wildman–Crippen MR) is 127 cm³/mol. The quantitative estimate of drug-likeness (QED) is 0.328. The van der Waals surface area contributed by atoms with Gasteiger partial charge in [-0.1, -0.05) is 68.7 Å². The largest absolute Gasteiger partial charge is 0.384 e. The zero-order valence-corrected chi connectivity index (χ0v) is 21.8. The molecule has 1 aliphatic carbocycles.